The minimum Gasteiger partial charge on any atom is -0.496 e. The van der Waals surface area contributed by atoms with Crippen molar-refractivity contribution in [1.29, 1.82) is 0 Å². The number of benzene rings is 1. The Hall–Kier alpha value is -1.20. The molecule has 2 aliphatic carbocycles. The summed E-state index contributed by atoms with van der Waals surface area (Å²) in [5.41, 5.74) is 5.21. The number of para-hydroxylation sites is 1. The van der Waals surface area contributed by atoms with E-state index >= 15 is 0 Å². The van der Waals surface area contributed by atoms with E-state index in [-0.39, 0.29) is 5.91 Å². The number of nitrogens with one attached hydrogen (secondary N) is 1. The van der Waals surface area contributed by atoms with Crippen LogP contribution in [0.3, 0.4) is 0 Å². The summed E-state index contributed by atoms with van der Waals surface area (Å²) in [7, 11) is 1.67. The molecule has 0 saturated heterocycles. The standard InChI is InChI=1S/C16H22N2O2S/c1-20-13-4-2-3-5-14(13)21-10-16(15(17)19,11-6-7-11)18-12-8-9-12/h2-5,11-12,18H,6-10H2,1H3,(H2,17,19). The lowest BCUT2D eigenvalue weighted by Gasteiger charge is -2.32. The van der Waals surface area contributed by atoms with Crippen LogP contribution in [0.1, 0.15) is 25.7 Å². The molecular weight excluding hydrogens is 284 g/mol. The molecule has 5 heteroatoms. The van der Waals surface area contributed by atoms with Crippen LogP contribution in [0.15, 0.2) is 29.2 Å². The van der Waals surface area contributed by atoms with Crippen molar-refractivity contribution in [3.8, 4) is 5.75 Å². The smallest absolute Gasteiger partial charge is 0.238 e. The molecule has 2 fully saturated rings. The summed E-state index contributed by atoms with van der Waals surface area (Å²) in [6, 6.07) is 8.38. The number of methoxy groups -OCH3 is 1. The van der Waals surface area contributed by atoms with E-state index in [4.69, 9.17) is 10.5 Å². The molecule has 0 aromatic heterocycles. The molecule has 2 saturated carbocycles. The van der Waals surface area contributed by atoms with Crippen LogP contribution in [0.2, 0.25) is 0 Å². The van der Waals surface area contributed by atoms with Crippen LogP contribution in [0.25, 0.3) is 0 Å². The van der Waals surface area contributed by atoms with E-state index in [0.29, 0.717) is 17.7 Å². The fourth-order valence-corrected chi connectivity index (χ4v) is 4.03. The molecule has 0 radical (unpaired) electrons. The van der Waals surface area contributed by atoms with E-state index < -0.39 is 5.54 Å². The lowest BCUT2D eigenvalue weighted by molar-refractivity contribution is -0.124. The van der Waals surface area contributed by atoms with Crippen molar-refractivity contribution in [3.63, 3.8) is 0 Å². The van der Waals surface area contributed by atoms with E-state index in [1.165, 1.54) is 0 Å². The lowest BCUT2D eigenvalue weighted by atomic mass is 9.94. The van der Waals surface area contributed by atoms with Crippen LogP contribution in [0, 0.1) is 5.92 Å². The Morgan fingerprint density at radius 1 is 1.38 bits per heavy atom. The van der Waals surface area contributed by atoms with Gasteiger partial charge in [-0.2, -0.15) is 0 Å². The predicted octanol–water partition coefficient (Wildman–Crippen LogP) is 2.17. The van der Waals surface area contributed by atoms with Gasteiger partial charge in [0.05, 0.1) is 7.11 Å². The fourth-order valence-electron chi connectivity index (χ4n) is 2.72. The molecular formula is C16H22N2O2S. The van der Waals surface area contributed by atoms with Gasteiger partial charge in [-0.15, -0.1) is 11.8 Å². The zero-order valence-electron chi connectivity index (χ0n) is 12.3. The van der Waals surface area contributed by atoms with Gasteiger partial charge in [-0.3, -0.25) is 10.1 Å². The first-order valence-corrected chi connectivity index (χ1v) is 8.47. The number of hydrogen-bond donors (Lipinski definition) is 2. The Kier molecular flexibility index (Phi) is 4.13. The monoisotopic (exact) mass is 306 g/mol. The molecule has 1 unspecified atom stereocenters. The summed E-state index contributed by atoms with van der Waals surface area (Å²) < 4.78 is 5.38. The quantitative estimate of drug-likeness (QED) is 0.723. The molecule has 0 spiro atoms. The van der Waals surface area contributed by atoms with Gasteiger partial charge in [0.1, 0.15) is 11.3 Å². The van der Waals surface area contributed by atoms with Crippen molar-refractivity contribution in [2.75, 3.05) is 12.9 Å². The Morgan fingerprint density at radius 2 is 2.10 bits per heavy atom. The molecule has 0 heterocycles. The first kappa shape index (κ1) is 14.7. The van der Waals surface area contributed by atoms with Gasteiger partial charge in [-0.1, -0.05) is 12.1 Å². The van der Waals surface area contributed by atoms with Gasteiger partial charge in [-0.25, -0.2) is 0 Å². The minimum atomic E-state index is -0.563. The van der Waals surface area contributed by atoms with Gasteiger partial charge in [0, 0.05) is 16.7 Å². The lowest BCUT2D eigenvalue weighted by Crippen LogP contribution is -2.60. The highest BCUT2D eigenvalue weighted by Gasteiger charge is 2.51. The molecule has 114 valence electrons. The number of rotatable bonds is 8. The van der Waals surface area contributed by atoms with Crippen molar-refractivity contribution in [1.82, 2.24) is 5.32 Å². The molecule has 2 aliphatic rings. The Morgan fingerprint density at radius 3 is 2.67 bits per heavy atom. The molecule has 1 atom stereocenters. The van der Waals surface area contributed by atoms with E-state index in [1.807, 2.05) is 24.3 Å². The van der Waals surface area contributed by atoms with E-state index in [9.17, 15) is 4.79 Å². The largest absolute Gasteiger partial charge is 0.496 e. The summed E-state index contributed by atoms with van der Waals surface area (Å²) in [4.78, 5) is 13.2. The van der Waals surface area contributed by atoms with Crippen molar-refractivity contribution >= 4 is 17.7 Å². The maximum absolute atomic E-state index is 12.2. The average Bonchev–Trinajstić information content (AvgIpc) is 3.36. The van der Waals surface area contributed by atoms with Gasteiger partial charge in [0.15, 0.2) is 0 Å². The molecule has 4 nitrogen and oxygen atoms in total. The predicted molar refractivity (Wildman–Crippen MR) is 84.5 cm³/mol. The summed E-state index contributed by atoms with van der Waals surface area (Å²) in [5.74, 6) is 1.70. The number of nitrogens with two attached hydrogens (primary N) is 1. The van der Waals surface area contributed by atoms with Gasteiger partial charge in [-0.05, 0) is 43.7 Å². The van der Waals surface area contributed by atoms with Gasteiger partial charge in [0.2, 0.25) is 5.91 Å². The molecule has 1 aromatic carbocycles. The molecule has 0 aliphatic heterocycles. The second-order valence-electron chi connectivity index (χ2n) is 5.97. The summed E-state index contributed by atoms with van der Waals surface area (Å²) in [6.07, 6.45) is 4.49. The van der Waals surface area contributed by atoms with Crippen molar-refractivity contribution in [3.05, 3.63) is 24.3 Å². The van der Waals surface area contributed by atoms with Crippen LogP contribution in [0.5, 0.6) is 5.75 Å². The normalized spacial score (nSPS) is 20.8. The molecule has 21 heavy (non-hydrogen) atoms. The number of primary amides is 1. The SMILES string of the molecule is COc1ccccc1SCC(NC1CC1)(C(N)=O)C1CC1. The first-order valence-electron chi connectivity index (χ1n) is 7.49. The number of carbonyl (C=O) groups excluding carboxylic acids is 1. The maximum atomic E-state index is 12.2. The molecule has 3 rings (SSSR count). The molecule has 0 bridgehead atoms. The summed E-state index contributed by atoms with van der Waals surface area (Å²) in [6.45, 7) is 0. The Balaban J connectivity index is 1.76. The second-order valence-corrected chi connectivity index (χ2v) is 6.99. The van der Waals surface area contributed by atoms with Crippen LogP contribution in [-0.4, -0.2) is 30.4 Å². The third kappa shape index (κ3) is 3.19. The van der Waals surface area contributed by atoms with Crippen LogP contribution in [0.4, 0.5) is 0 Å². The Bertz CT molecular complexity index is 529. The fraction of sp³-hybridized carbons (Fsp3) is 0.562. The highest BCUT2D eigenvalue weighted by Crippen LogP contribution is 2.44. The number of thioether (sulfide) groups is 1. The number of carbonyl (C=O) groups is 1. The number of amides is 1. The van der Waals surface area contributed by atoms with Crippen molar-refractivity contribution < 1.29 is 9.53 Å². The van der Waals surface area contributed by atoms with Gasteiger partial charge >= 0.3 is 0 Å². The third-order valence-electron chi connectivity index (χ3n) is 4.28. The topological polar surface area (TPSA) is 64.3 Å². The van der Waals surface area contributed by atoms with E-state index in [1.54, 1.807) is 18.9 Å². The zero-order valence-corrected chi connectivity index (χ0v) is 13.1. The number of hydrogen-bond acceptors (Lipinski definition) is 4. The maximum Gasteiger partial charge on any atom is 0.238 e. The molecule has 3 N–H and O–H groups in total. The molecule has 1 amide bonds. The van der Waals surface area contributed by atoms with Crippen molar-refractivity contribution in [2.45, 2.75) is 42.2 Å². The number of ether oxygens (including phenoxy) is 1. The summed E-state index contributed by atoms with van der Waals surface area (Å²) in [5, 5.41) is 3.54. The van der Waals surface area contributed by atoms with Crippen LogP contribution >= 0.6 is 11.8 Å². The van der Waals surface area contributed by atoms with Gasteiger partial charge < -0.3 is 10.5 Å². The highest BCUT2D eigenvalue weighted by atomic mass is 32.2. The third-order valence-corrected chi connectivity index (χ3v) is 5.53. The Labute approximate surface area is 129 Å². The van der Waals surface area contributed by atoms with Crippen LogP contribution < -0.4 is 15.8 Å². The molecule has 1 aromatic rings. The van der Waals surface area contributed by atoms with Gasteiger partial charge in [0.25, 0.3) is 0 Å². The highest BCUT2D eigenvalue weighted by molar-refractivity contribution is 7.99. The zero-order chi connectivity index (χ0) is 14.9. The van der Waals surface area contributed by atoms with E-state index in [2.05, 4.69) is 5.32 Å². The van der Waals surface area contributed by atoms with Crippen LogP contribution in [-0.2, 0) is 4.79 Å². The minimum absolute atomic E-state index is 0.209. The second kappa shape index (κ2) is 5.89. The first-order chi connectivity index (χ1) is 10.2. The van der Waals surface area contributed by atoms with Crippen molar-refractivity contribution in [2.24, 2.45) is 11.7 Å². The average molecular weight is 306 g/mol. The van der Waals surface area contributed by atoms with E-state index in [0.717, 1.165) is 36.3 Å². The summed E-state index contributed by atoms with van der Waals surface area (Å²) >= 11 is 1.66.